The maximum Gasteiger partial charge on any atom is 0.270 e. The summed E-state index contributed by atoms with van der Waals surface area (Å²) in [5.41, 5.74) is 1.57. The number of hydrogen-bond acceptors (Lipinski definition) is 2. The summed E-state index contributed by atoms with van der Waals surface area (Å²) in [5.74, 6) is -0.0510. The van der Waals surface area contributed by atoms with E-state index in [4.69, 9.17) is 11.6 Å². The first-order valence-corrected chi connectivity index (χ1v) is 6.08. The van der Waals surface area contributed by atoms with Gasteiger partial charge in [0, 0.05) is 38.1 Å². The highest BCUT2D eigenvalue weighted by atomic mass is 35.5. The Balaban J connectivity index is 2.15. The minimum Gasteiger partial charge on any atom is -0.342 e. The van der Waals surface area contributed by atoms with Crippen molar-refractivity contribution in [2.75, 3.05) is 7.05 Å². The van der Waals surface area contributed by atoms with Crippen molar-refractivity contribution in [3.8, 4) is 0 Å². The molecule has 1 amide bonds. The highest BCUT2D eigenvalue weighted by Gasteiger charge is 2.17. The molecule has 0 fully saturated rings. The smallest absolute Gasteiger partial charge is 0.270 e. The summed E-state index contributed by atoms with van der Waals surface area (Å²) in [6, 6.07) is 1.69. The molecular weight excluding hydrogens is 252 g/mol. The van der Waals surface area contributed by atoms with E-state index in [2.05, 4.69) is 10.2 Å². The molecule has 2 aromatic rings. The fraction of sp³-hybridized carbons (Fsp3) is 0.333. The third-order valence-corrected chi connectivity index (χ3v) is 2.95. The molecule has 96 valence electrons. The lowest BCUT2D eigenvalue weighted by Gasteiger charge is -2.17. The molecule has 0 spiro atoms. The summed E-state index contributed by atoms with van der Waals surface area (Å²) in [7, 11) is 1.76. The summed E-state index contributed by atoms with van der Waals surface area (Å²) in [6.45, 7) is 3.21. The minimum absolute atomic E-state index is 0.0510. The fourth-order valence-corrected chi connectivity index (χ4v) is 2.04. The van der Waals surface area contributed by atoms with Crippen molar-refractivity contribution in [1.29, 1.82) is 0 Å². The van der Waals surface area contributed by atoms with Crippen molar-refractivity contribution in [3.05, 3.63) is 40.9 Å². The van der Waals surface area contributed by atoms with Gasteiger partial charge in [0.15, 0.2) is 0 Å². The molecule has 0 saturated heterocycles. The first kappa shape index (κ1) is 12.7. The Morgan fingerprint density at radius 2 is 2.39 bits per heavy atom. The third kappa shape index (κ3) is 2.56. The van der Waals surface area contributed by atoms with Crippen molar-refractivity contribution in [1.82, 2.24) is 19.7 Å². The number of nitrogens with zero attached hydrogens (tertiary/aromatic N) is 3. The van der Waals surface area contributed by atoms with Gasteiger partial charge < -0.3 is 9.47 Å². The van der Waals surface area contributed by atoms with Crippen molar-refractivity contribution < 1.29 is 4.79 Å². The number of H-pyrrole nitrogens is 1. The number of nitrogens with one attached hydrogen (secondary N) is 1. The van der Waals surface area contributed by atoms with Crippen LogP contribution in [0.5, 0.6) is 0 Å². The van der Waals surface area contributed by atoms with Gasteiger partial charge in [-0.1, -0.05) is 11.6 Å². The predicted molar refractivity (Wildman–Crippen MR) is 69.5 cm³/mol. The summed E-state index contributed by atoms with van der Waals surface area (Å²) in [5, 5.41) is 7.16. The van der Waals surface area contributed by atoms with Crippen LogP contribution in [0.3, 0.4) is 0 Å². The van der Waals surface area contributed by atoms with Crippen molar-refractivity contribution >= 4 is 17.5 Å². The number of aromatic amines is 1. The molecule has 2 heterocycles. The molecule has 18 heavy (non-hydrogen) atoms. The molecule has 0 aliphatic rings. The van der Waals surface area contributed by atoms with Crippen LogP contribution in [0, 0.1) is 0 Å². The van der Waals surface area contributed by atoms with Crippen LogP contribution in [0.4, 0.5) is 0 Å². The summed E-state index contributed by atoms with van der Waals surface area (Å²) < 4.78 is 1.84. The van der Waals surface area contributed by atoms with E-state index in [1.807, 2.05) is 11.5 Å². The van der Waals surface area contributed by atoms with Gasteiger partial charge in [-0.2, -0.15) is 5.10 Å². The number of carbonyl (C=O) groups is 1. The van der Waals surface area contributed by atoms with Crippen LogP contribution in [0.1, 0.15) is 23.0 Å². The van der Waals surface area contributed by atoms with Crippen LogP contribution >= 0.6 is 11.6 Å². The van der Waals surface area contributed by atoms with Gasteiger partial charge in [0.05, 0.1) is 11.2 Å². The number of halogens is 1. The molecule has 6 heteroatoms. The first-order valence-electron chi connectivity index (χ1n) is 5.70. The molecule has 1 N–H and O–H groups in total. The summed E-state index contributed by atoms with van der Waals surface area (Å²) in [4.78, 5) is 13.9. The zero-order chi connectivity index (χ0) is 13.1. The van der Waals surface area contributed by atoms with Crippen LogP contribution in [0.25, 0.3) is 0 Å². The molecule has 0 bridgehead atoms. The standard InChI is InChI=1S/C12H15ClN4O/c1-3-17-8-10(13)4-11(17)12(18)16(2)7-9-5-14-15-6-9/h4-6,8H,3,7H2,1-2H3,(H,14,15). The Morgan fingerprint density at radius 3 is 3.00 bits per heavy atom. The van der Waals surface area contributed by atoms with Gasteiger partial charge in [-0.3, -0.25) is 9.89 Å². The third-order valence-electron chi connectivity index (χ3n) is 2.74. The van der Waals surface area contributed by atoms with Gasteiger partial charge in [-0.05, 0) is 13.0 Å². The Kier molecular flexibility index (Phi) is 3.72. The van der Waals surface area contributed by atoms with E-state index in [1.54, 1.807) is 36.6 Å². The van der Waals surface area contributed by atoms with Crippen molar-refractivity contribution in [3.63, 3.8) is 0 Å². The number of hydrogen-bond donors (Lipinski definition) is 1. The highest BCUT2D eigenvalue weighted by molar-refractivity contribution is 6.31. The molecular formula is C12H15ClN4O. The van der Waals surface area contributed by atoms with E-state index in [9.17, 15) is 4.79 Å². The normalized spacial score (nSPS) is 10.6. The van der Waals surface area contributed by atoms with E-state index in [1.165, 1.54) is 0 Å². The first-order chi connectivity index (χ1) is 8.61. The van der Waals surface area contributed by atoms with Crippen LogP contribution in [-0.4, -0.2) is 32.6 Å². The van der Waals surface area contributed by atoms with E-state index in [0.29, 0.717) is 23.8 Å². The maximum atomic E-state index is 12.3. The van der Waals surface area contributed by atoms with Crippen LogP contribution in [0.2, 0.25) is 5.02 Å². The number of aromatic nitrogens is 3. The molecule has 2 rings (SSSR count). The second kappa shape index (κ2) is 5.27. The minimum atomic E-state index is -0.0510. The fourth-order valence-electron chi connectivity index (χ4n) is 1.82. The monoisotopic (exact) mass is 266 g/mol. The molecule has 0 aliphatic carbocycles. The molecule has 0 atom stereocenters. The molecule has 0 unspecified atom stereocenters. The van der Waals surface area contributed by atoms with Crippen LogP contribution in [0.15, 0.2) is 24.7 Å². The second-order valence-corrected chi connectivity index (χ2v) is 4.53. The molecule has 0 aliphatic heterocycles. The zero-order valence-corrected chi connectivity index (χ0v) is 11.1. The maximum absolute atomic E-state index is 12.3. The average Bonchev–Trinajstić information content (AvgIpc) is 2.97. The Bertz CT molecular complexity index is 532. The predicted octanol–water partition coefficient (Wildman–Crippen LogP) is 2.16. The molecule has 0 saturated carbocycles. The van der Waals surface area contributed by atoms with Gasteiger partial charge >= 0.3 is 0 Å². The number of aryl methyl sites for hydroxylation is 1. The molecule has 0 radical (unpaired) electrons. The summed E-state index contributed by atoms with van der Waals surface area (Å²) >= 11 is 5.93. The van der Waals surface area contributed by atoms with E-state index >= 15 is 0 Å². The van der Waals surface area contributed by atoms with Gasteiger partial charge in [0.25, 0.3) is 5.91 Å². The Labute approximate surface area is 110 Å². The summed E-state index contributed by atoms with van der Waals surface area (Å²) in [6.07, 6.45) is 5.24. The molecule has 2 aromatic heterocycles. The lowest BCUT2D eigenvalue weighted by Crippen LogP contribution is -2.28. The Morgan fingerprint density at radius 1 is 1.61 bits per heavy atom. The molecule has 0 aromatic carbocycles. The second-order valence-electron chi connectivity index (χ2n) is 4.10. The SMILES string of the molecule is CCn1cc(Cl)cc1C(=O)N(C)Cc1cn[nH]c1. The molecule has 5 nitrogen and oxygen atoms in total. The van der Waals surface area contributed by atoms with E-state index < -0.39 is 0 Å². The lowest BCUT2D eigenvalue weighted by atomic mass is 10.3. The van der Waals surface area contributed by atoms with Gasteiger partial charge in [-0.15, -0.1) is 0 Å². The van der Waals surface area contributed by atoms with Crippen LogP contribution in [-0.2, 0) is 13.1 Å². The lowest BCUT2D eigenvalue weighted by molar-refractivity contribution is 0.0774. The zero-order valence-electron chi connectivity index (χ0n) is 10.4. The van der Waals surface area contributed by atoms with E-state index in [-0.39, 0.29) is 5.91 Å². The number of carbonyl (C=O) groups excluding carboxylic acids is 1. The average molecular weight is 267 g/mol. The van der Waals surface area contributed by atoms with Crippen molar-refractivity contribution in [2.24, 2.45) is 0 Å². The van der Waals surface area contributed by atoms with Gasteiger partial charge in [0.2, 0.25) is 0 Å². The van der Waals surface area contributed by atoms with E-state index in [0.717, 1.165) is 5.56 Å². The van der Waals surface area contributed by atoms with Gasteiger partial charge in [-0.25, -0.2) is 0 Å². The van der Waals surface area contributed by atoms with Crippen molar-refractivity contribution in [2.45, 2.75) is 20.0 Å². The van der Waals surface area contributed by atoms with Gasteiger partial charge in [0.1, 0.15) is 5.69 Å². The quantitative estimate of drug-likeness (QED) is 0.922. The van der Waals surface area contributed by atoms with Crippen LogP contribution < -0.4 is 0 Å². The largest absolute Gasteiger partial charge is 0.342 e. The number of rotatable bonds is 4. The Hall–Kier alpha value is -1.75. The highest BCUT2D eigenvalue weighted by Crippen LogP contribution is 2.16. The number of amides is 1. The topological polar surface area (TPSA) is 53.9 Å².